The zero-order valence-electron chi connectivity index (χ0n) is 12.8. The zero-order valence-corrected chi connectivity index (χ0v) is 12.8. The summed E-state index contributed by atoms with van der Waals surface area (Å²) in [7, 11) is 0. The van der Waals surface area contributed by atoms with Crippen LogP contribution in [0.15, 0.2) is 0 Å². The predicted molar refractivity (Wildman–Crippen MR) is 78.7 cm³/mol. The number of hydrogen-bond acceptors (Lipinski definition) is 4. The van der Waals surface area contributed by atoms with Crippen LogP contribution in [-0.2, 0) is 14.3 Å². The minimum atomic E-state index is -0.512. The summed E-state index contributed by atoms with van der Waals surface area (Å²) in [5.41, 5.74) is -0.512. The van der Waals surface area contributed by atoms with E-state index in [1.165, 1.54) is 38.5 Å². The van der Waals surface area contributed by atoms with Gasteiger partial charge in [0.1, 0.15) is 5.54 Å². The van der Waals surface area contributed by atoms with Gasteiger partial charge in [-0.3, -0.25) is 10.1 Å². The molecule has 116 valence electrons. The van der Waals surface area contributed by atoms with Crippen molar-refractivity contribution in [3.8, 4) is 0 Å². The van der Waals surface area contributed by atoms with Crippen molar-refractivity contribution in [3.63, 3.8) is 0 Å². The number of rotatable bonds is 4. The van der Waals surface area contributed by atoms with Gasteiger partial charge >= 0.3 is 5.97 Å². The molecular weight excluding hydrogens is 254 g/mol. The second-order valence-corrected chi connectivity index (χ2v) is 6.10. The van der Waals surface area contributed by atoms with Crippen molar-refractivity contribution in [1.82, 2.24) is 5.32 Å². The third kappa shape index (κ3) is 4.19. The molecule has 0 aromatic heterocycles. The summed E-state index contributed by atoms with van der Waals surface area (Å²) in [6.45, 7) is 3.74. The van der Waals surface area contributed by atoms with Crippen molar-refractivity contribution >= 4 is 5.97 Å². The molecule has 1 aliphatic heterocycles. The number of carbonyl (C=O) groups excluding carboxylic acids is 1. The molecule has 0 bridgehead atoms. The first kappa shape index (κ1) is 15.8. The molecule has 4 nitrogen and oxygen atoms in total. The Morgan fingerprint density at radius 2 is 1.90 bits per heavy atom. The summed E-state index contributed by atoms with van der Waals surface area (Å²) in [6, 6.07) is 0.458. The highest BCUT2D eigenvalue weighted by atomic mass is 16.5. The lowest BCUT2D eigenvalue weighted by Crippen LogP contribution is -2.56. The second-order valence-electron chi connectivity index (χ2n) is 6.10. The van der Waals surface area contributed by atoms with E-state index in [2.05, 4.69) is 5.32 Å². The van der Waals surface area contributed by atoms with E-state index in [1.807, 2.05) is 6.92 Å². The van der Waals surface area contributed by atoms with Gasteiger partial charge in [-0.25, -0.2) is 0 Å². The Bertz CT molecular complexity index is 290. The van der Waals surface area contributed by atoms with E-state index in [4.69, 9.17) is 9.47 Å². The van der Waals surface area contributed by atoms with E-state index in [-0.39, 0.29) is 5.97 Å². The number of esters is 1. The number of nitrogens with one attached hydrogen (secondary N) is 1. The first-order valence-corrected chi connectivity index (χ1v) is 8.29. The summed E-state index contributed by atoms with van der Waals surface area (Å²) >= 11 is 0. The van der Waals surface area contributed by atoms with Gasteiger partial charge in [0, 0.05) is 19.3 Å². The van der Waals surface area contributed by atoms with Crippen LogP contribution in [0.2, 0.25) is 0 Å². The molecule has 0 aromatic rings. The Labute approximate surface area is 122 Å². The molecule has 1 aliphatic carbocycles. The largest absolute Gasteiger partial charge is 0.465 e. The fraction of sp³-hybridized carbons (Fsp3) is 0.938. The molecule has 0 spiro atoms. The van der Waals surface area contributed by atoms with Crippen molar-refractivity contribution in [2.45, 2.75) is 76.3 Å². The summed E-state index contributed by atoms with van der Waals surface area (Å²) < 4.78 is 10.9. The monoisotopic (exact) mass is 283 g/mol. The molecule has 1 saturated carbocycles. The Morgan fingerprint density at radius 3 is 2.60 bits per heavy atom. The first-order valence-electron chi connectivity index (χ1n) is 8.29. The Kier molecular flexibility index (Phi) is 6.30. The minimum absolute atomic E-state index is 0.0743. The summed E-state index contributed by atoms with van der Waals surface area (Å²) in [5.74, 6) is -0.0743. The van der Waals surface area contributed by atoms with Crippen LogP contribution in [0.25, 0.3) is 0 Å². The lowest BCUT2D eigenvalue weighted by atomic mass is 9.88. The van der Waals surface area contributed by atoms with Gasteiger partial charge in [0.25, 0.3) is 0 Å². The normalized spacial score (nSPS) is 29.4. The van der Waals surface area contributed by atoms with Crippen LogP contribution in [0, 0.1) is 0 Å². The second kappa shape index (κ2) is 7.99. The molecule has 2 aliphatic rings. The molecule has 1 unspecified atom stereocenters. The van der Waals surface area contributed by atoms with E-state index in [1.54, 1.807) is 0 Å². The smallest absolute Gasteiger partial charge is 0.326 e. The third-order valence-corrected chi connectivity index (χ3v) is 4.57. The Morgan fingerprint density at radius 1 is 1.15 bits per heavy atom. The first-order chi connectivity index (χ1) is 9.77. The quantitative estimate of drug-likeness (QED) is 0.636. The highest BCUT2D eigenvalue weighted by molar-refractivity contribution is 5.81. The van der Waals surface area contributed by atoms with Crippen LogP contribution in [-0.4, -0.2) is 37.4 Å². The van der Waals surface area contributed by atoms with Gasteiger partial charge in [0.05, 0.1) is 6.61 Å². The molecule has 2 rings (SSSR count). The molecule has 1 heterocycles. The molecule has 0 aromatic carbocycles. The van der Waals surface area contributed by atoms with Crippen molar-refractivity contribution in [2.75, 3.05) is 19.8 Å². The topological polar surface area (TPSA) is 47.6 Å². The lowest BCUT2D eigenvalue weighted by Gasteiger charge is -2.35. The number of ether oxygens (including phenoxy) is 2. The van der Waals surface area contributed by atoms with Gasteiger partial charge in [0.2, 0.25) is 0 Å². The number of hydrogen-bond donors (Lipinski definition) is 1. The molecule has 1 N–H and O–H groups in total. The minimum Gasteiger partial charge on any atom is -0.465 e. The van der Waals surface area contributed by atoms with E-state index in [9.17, 15) is 4.79 Å². The summed E-state index contributed by atoms with van der Waals surface area (Å²) in [6.07, 6.45) is 10.1. The van der Waals surface area contributed by atoms with Gasteiger partial charge in [-0.05, 0) is 39.0 Å². The maximum absolute atomic E-state index is 12.5. The Hall–Kier alpha value is -0.610. The molecule has 1 atom stereocenters. The molecule has 0 radical (unpaired) electrons. The molecule has 4 heteroatoms. The van der Waals surface area contributed by atoms with Gasteiger partial charge < -0.3 is 9.47 Å². The van der Waals surface area contributed by atoms with E-state index < -0.39 is 5.54 Å². The van der Waals surface area contributed by atoms with E-state index in [0.717, 1.165) is 25.9 Å². The van der Waals surface area contributed by atoms with Crippen LogP contribution in [0.1, 0.15) is 64.7 Å². The standard InChI is InChI=1S/C16H29NO3/c1-2-20-15(18)16(10-7-12-19-13-11-16)17-14-8-5-3-4-6-9-14/h14,17H,2-13H2,1H3. The highest BCUT2D eigenvalue weighted by Crippen LogP contribution is 2.27. The van der Waals surface area contributed by atoms with Gasteiger partial charge in [-0.15, -0.1) is 0 Å². The van der Waals surface area contributed by atoms with Crippen molar-refractivity contribution in [1.29, 1.82) is 0 Å². The molecular formula is C16H29NO3. The van der Waals surface area contributed by atoms with Gasteiger partial charge in [-0.1, -0.05) is 25.7 Å². The maximum atomic E-state index is 12.5. The fourth-order valence-electron chi connectivity index (χ4n) is 3.44. The van der Waals surface area contributed by atoms with E-state index in [0.29, 0.717) is 19.3 Å². The molecule has 1 saturated heterocycles. The zero-order chi connectivity index (χ0) is 14.3. The van der Waals surface area contributed by atoms with E-state index >= 15 is 0 Å². The average Bonchev–Trinajstić information content (AvgIpc) is 2.83. The van der Waals surface area contributed by atoms with Crippen molar-refractivity contribution in [3.05, 3.63) is 0 Å². The molecule has 20 heavy (non-hydrogen) atoms. The van der Waals surface area contributed by atoms with Crippen LogP contribution in [0.5, 0.6) is 0 Å². The SMILES string of the molecule is CCOC(=O)C1(NC2CCCCCC2)CCCOCC1. The highest BCUT2D eigenvalue weighted by Gasteiger charge is 2.41. The lowest BCUT2D eigenvalue weighted by molar-refractivity contribution is -0.152. The van der Waals surface area contributed by atoms with Crippen molar-refractivity contribution < 1.29 is 14.3 Å². The average molecular weight is 283 g/mol. The summed E-state index contributed by atoms with van der Waals surface area (Å²) in [4.78, 5) is 12.5. The Balaban J connectivity index is 2.05. The molecule has 2 fully saturated rings. The number of carbonyl (C=O) groups is 1. The van der Waals surface area contributed by atoms with Crippen LogP contribution >= 0.6 is 0 Å². The predicted octanol–water partition coefficient (Wildman–Crippen LogP) is 2.80. The van der Waals surface area contributed by atoms with Gasteiger partial charge in [-0.2, -0.15) is 0 Å². The van der Waals surface area contributed by atoms with Crippen molar-refractivity contribution in [2.24, 2.45) is 0 Å². The van der Waals surface area contributed by atoms with Crippen LogP contribution < -0.4 is 5.32 Å². The fourth-order valence-corrected chi connectivity index (χ4v) is 3.44. The summed E-state index contributed by atoms with van der Waals surface area (Å²) in [5, 5.41) is 3.68. The maximum Gasteiger partial charge on any atom is 0.326 e. The molecule has 0 amide bonds. The van der Waals surface area contributed by atoms with Crippen LogP contribution in [0.4, 0.5) is 0 Å². The van der Waals surface area contributed by atoms with Crippen LogP contribution in [0.3, 0.4) is 0 Å². The van der Waals surface area contributed by atoms with Gasteiger partial charge in [0.15, 0.2) is 0 Å². The third-order valence-electron chi connectivity index (χ3n) is 4.57.